The number of carbonyl (C=O) groups is 3. The van der Waals surface area contributed by atoms with Gasteiger partial charge in [0.15, 0.2) is 6.10 Å². The van der Waals surface area contributed by atoms with Gasteiger partial charge in [-0.1, -0.05) is 18.2 Å². The van der Waals surface area contributed by atoms with Crippen LogP contribution in [0, 0.1) is 11.8 Å². The quantitative estimate of drug-likeness (QED) is 0.306. The molecule has 2 amide bonds. The van der Waals surface area contributed by atoms with E-state index in [0.717, 1.165) is 39.5 Å². The molecule has 0 spiro atoms. The molecule has 0 aliphatic carbocycles. The topological polar surface area (TPSA) is 154 Å². The third-order valence-electron chi connectivity index (χ3n) is 6.80. The van der Waals surface area contributed by atoms with Crippen LogP contribution >= 0.6 is 0 Å². The van der Waals surface area contributed by atoms with Crippen LogP contribution in [0.1, 0.15) is 38.5 Å². The lowest BCUT2D eigenvalue weighted by Crippen LogP contribution is -2.59. The Labute approximate surface area is 212 Å². The van der Waals surface area contributed by atoms with Crippen LogP contribution in [0.3, 0.4) is 0 Å². The van der Waals surface area contributed by atoms with Gasteiger partial charge in [0, 0.05) is 26.6 Å². The van der Waals surface area contributed by atoms with Crippen LogP contribution in [0.4, 0.5) is 0 Å². The Hall–Kier alpha value is -2.54. The predicted molar refractivity (Wildman–Crippen MR) is 131 cm³/mol. The summed E-state index contributed by atoms with van der Waals surface area (Å²) in [5.41, 5.74) is 0. The number of benzene rings is 1. The Morgan fingerprint density at radius 1 is 1.17 bits per heavy atom. The van der Waals surface area contributed by atoms with Crippen molar-refractivity contribution >= 4 is 27.8 Å². The molecular weight excluding hydrogens is 488 g/mol. The lowest BCUT2D eigenvalue weighted by molar-refractivity contribution is -0.151. The second kappa shape index (κ2) is 13.1. The van der Waals surface area contributed by atoms with Crippen molar-refractivity contribution in [1.82, 2.24) is 20.3 Å². The van der Waals surface area contributed by atoms with Crippen LogP contribution in [-0.4, -0.2) is 81.8 Å². The van der Waals surface area contributed by atoms with E-state index in [1.54, 1.807) is 11.0 Å². The van der Waals surface area contributed by atoms with E-state index in [2.05, 4.69) is 15.4 Å². The molecule has 0 radical (unpaired) electrons. The van der Waals surface area contributed by atoms with Gasteiger partial charge in [0.2, 0.25) is 21.8 Å². The van der Waals surface area contributed by atoms with E-state index >= 15 is 0 Å². The number of carbonyl (C=O) groups excluding carboxylic acids is 2. The zero-order valence-corrected chi connectivity index (χ0v) is 21.3. The molecule has 200 valence electrons. The molecule has 12 heteroatoms. The number of sulfonamides is 1. The summed E-state index contributed by atoms with van der Waals surface area (Å²) in [5, 5.41) is 15.4. The highest BCUT2D eigenvalue weighted by molar-refractivity contribution is 7.89. The number of hydrogen-bond acceptors (Lipinski definition) is 7. The van der Waals surface area contributed by atoms with Gasteiger partial charge in [0.25, 0.3) is 0 Å². The number of nitrogens with zero attached hydrogens (tertiary/aromatic N) is 1. The molecule has 0 aromatic heterocycles. The second-order valence-electron chi connectivity index (χ2n) is 9.33. The molecule has 11 nitrogen and oxygen atoms in total. The Balaban J connectivity index is 1.64. The minimum Gasteiger partial charge on any atom is -0.479 e. The van der Waals surface area contributed by atoms with E-state index < -0.39 is 40.1 Å². The number of carboxylic acid groups (broad SMARTS) is 1. The first-order chi connectivity index (χ1) is 17.2. The SMILES string of the molecule is CO[C@H](C(=O)O)C(NC(=O)C1CCCN(C(=O)CCC2CCNCC2)C1)NS(=O)(=O)c1ccccc1. The molecule has 2 saturated heterocycles. The van der Waals surface area contributed by atoms with Gasteiger partial charge in [0.05, 0.1) is 10.8 Å². The number of methoxy groups -OCH3 is 1. The molecule has 2 fully saturated rings. The van der Waals surface area contributed by atoms with E-state index in [1.807, 2.05) is 0 Å². The first kappa shape index (κ1) is 28.0. The van der Waals surface area contributed by atoms with E-state index in [1.165, 1.54) is 24.3 Å². The van der Waals surface area contributed by atoms with Crippen molar-refractivity contribution in [1.29, 1.82) is 0 Å². The standard InChI is InChI=1S/C24H36N4O7S/c1-35-21(24(31)32)22(27-36(33,34)19-7-3-2-4-8-19)26-23(30)18-6-5-15-28(16-18)20(29)10-9-17-11-13-25-14-12-17/h2-4,7-8,17-18,21-22,25,27H,5-6,9-16H2,1H3,(H,26,30)(H,31,32)/t18?,21-,22?/m0/s1. The highest BCUT2D eigenvalue weighted by Crippen LogP contribution is 2.22. The maximum absolute atomic E-state index is 13.1. The van der Waals surface area contributed by atoms with Crippen molar-refractivity contribution in [3.8, 4) is 0 Å². The van der Waals surface area contributed by atoms with Gasteiger partial charge in [-0.15, -0.1) is 0 Å². The van der Waals surface area contributed by atoms with Gasteiger partial charge in [-0.05, 0) is 63.2 Å². The first-order valence-electron chi connectivity index (χ1n) is 12.3. The molecule has 1 aromatic rings. The average molecular weight is 525 g/mol. The Morgan fingerprint density at radius 3 is 2.50 bits per heavy atom. The molecule has 2 aliphatic heterocycles. The highest BCUT2D eigenvalue weighted by Gasteiger charge is 2.36. The largest absolute Gasteiger partial charge is 0.479 e. The zero-order valence-electron chi connectivity index (χ0n) is 20.5. The summed E-state index contributed by atoms with van der Waals surface area (Å²) in [4.78, 5) is 39.3. The first-order valence-corrected chi connectivity index (χ1v) is 13.8. The van der Waals surface area contributed by atoms with Crippen molar-refractivity contribution in [2.75, 3.05) is 33.3 Å². The van der Waals surface area contributed by atoms with E-state index in [4.69, 9.17) is 4.74 Å². The molecule has 1 aromatic carbocycles. The summed E-state index contributed by atoms with van der Waals surface area (Å²) in [6, 6.07) is 7.43. The van der Waals surface area contributed by atoms with Crippen molar-refractivity contribution < 1.29 is 32.6 Å². The Morgan fingerprint density at radius 2 is 1.86 bits per heavy atom. The smallest absolute Gasteiger partial charge is 0.336 e. The summed E-state index contributed by atoms with van der Waals surface area (Å²) in [5.74, 6) is -2.02. The number of hydrogen-bond donors (Lipinski definition) is 4. The molecular formula is C24H36N4O7S. The summed E-state index contributed by atoms with van der Waals surface area (Å²) < 4.78 is 32.9. The van der Waals surface area contributed by atoms with Crippen molar-refractivity contribution in [3.05, 3.63) is 30.3 Å². The minimum atomic E-state index is -4.14. The van der Waals surface area contributed by atoms with Gasteiger partial charge in [-0.2, -0.15) is 4.72 Å². The number of rotatable bonds is 11. The van der Waals surface area contributed by atoms with Crippen molar-refractivity contribution in [3.63, 3.8) is 0 Å². The molecule has 3 rings (SSSR count). The van der Waals surface area contributed by atoms with E-state index in [9.17, 15) is 27.9 Å². The fourth-order valence-electron chi connectivity index (χ4n) is 4.73. The molecule has 2 heterocycles. The Bertz CT molecular complexity index is 999. The van der Waals surface area contributed by atoms with Crippen LogP contribution in [0.15, 0.2) is 35.2 Å². The highest BCUT2D eigenvalue weighted by atomic mass is 32.2. The van der Waals surface area contributed by atoms with Crippen molar-refractivity contribution in [2.24, 2.45) is 11.8 Å². The van der Waals surface area contributed by atoms with Gasteiger partial charge in [-0.3, -0.25) is 9.59 Å². The lowest BCUT2D eigenvalue weighted by Gasteiger charge is -2.34. The Kier molecular flexibility index (Phi) is 10.2. The maximum atomic E-state index is 13.1. The number of amides is 2. The fraction of sp³-hybridized carbons (Fsp3) is 0.625. The number of ether oxygens (including phenoxy) is 1. The fourth-order valence-corrected chi connectivity index (χ4v) is 5.89. The van der Waals surface area contributed by atoms with Crippen LogP contribution in [0.25, 0.3) is 0 Å². The summed E-state index contributed by atoms with van der Waals surface area (Å²) in [6.07, 6.45) is 1.31. The molecule has 2 unspecified atom stereocenters. The minimum absolute atomic E-state index is 0.00710. The third kappa shape index (κ3) is 7.73. The third-order valence-corrected chi connectivity index (χ3v) is 8.26. The summed E-state index contributed by atoms with van der Waals surface area (Å²) in [7, 11) is -3.02. The molecule has 0 bridgehead atoms. The number of nitrogens with one attached hydrogen (secondary N) is 3. The van der Waals surface area contributed by atoms with Crippen LogP contribution in [0.2, 0.25) is 0 Å². The molecule has 4 N–H and O–H groups in total. The molecule has 3 atom stereocenters. The number of piperidine rings is 2. The monoisotopic (exact) mass is 524 g/mol. The van der Waals surface area contributed by atoms with Crippen LogP contribution < -0.4 is 15.4 Å². The number of carboxylic acids is 1. The average Bonchev–Trinajstić information content (AvgIpc) is 2.88. The lowest BCUT2D eigenvalue weighted by atomic mass is 9.92. The predicted octanol–water partition coefficient (Wildman–Crippen LogP) is 0.525. The normalized spacial score (nSPS) is 20.9. The molecule has 0 saturated carbocycles. The maximum Gasteiger partial charge on any atom is 0.336 e. The van der Waals surface area contributed by atoms with Crippen LogP contribution in [-0.2, 0) is 29.1 Å². The number of aliphatic carboxylic acids is 1. The summed E-state index contributed by atoms with van der Waals surface area (Å²) >= 11 is 0. The van der Waals surface area contributed by atoms with E-state index in [-0.39, 0.29) is 17.3 Å². The van der Waals surface area contributed by atoms with Gasteiger partial charge >= 0.3 is 5.97 Å². The molecule has 2 aliphatic rings. The van der Waals surface area contributed by atoms with Crippen molar-refractivity contribution in [2.45, 2.75) is 55.7 Å². The van der Waals surface area contributed by atoms with E-state index in [0.29, 0.717) is 31.7 Å². The summed E-state index contributed by atoms with van der Waals surface area (Å²) in [6.45, 7) is 2.71. The second-order valence-corrected chi connectivity index (χ2v) is 11.0. The van der Waals surface area contributed by atoms with Gasteiger partial charge in [0.1, 0.15) is 6.17 Å². The zero-order chi connectivity index (χ0) is 26.1. The number of likely N-dealkylation sites (tertiary alicyclic amines) is 1. The van der Waals surface area contributed by atoms with Gasteiger partial charge in [-0.25, -0.2) is 13.2 Å². The molecule has 36 heavy (non-hydrogen) atoms. The van der Waals surface area contributed by atoms with Gasteiger partial charge < -0.3 is 25.4 Å². The van der Waals surface area contributed by atoms with Crippen LogP contribution in [0.5, 0.6) is 0 Å².